The third-order valence-electron chi connectivity index (χ3n) is 4.17. The molecule has 1 heterocycles. The molecule has 0 atom stereocenters. The number of alkyl halides is 3. The number of rotatable bonds is 6. The van der Waals surface area contributed by atoms with Gasteiger partial charge in [0.2, 0.25) is 0 Å². The van der Waals surface area contributed by atoms with Crippen LogP contribution in [-0.2, 0) is 4.74 Å². The van der Waals surface area contributed by atoms with Gasteiger partial charge in [-0.05, 0) is 38.8 Å². The molecule has 0 bridgehead atoms. The van der Waals surface area contributed by atoms with Crippen LogP contribution in [0.2, 0.25) is 5.02 Å². The van der Waals surface area contributed by atoms with Crippen molar-refractivity contribution >= 4 is 36.4 Å². The number of hydrogen-bond donors (Lipinski definition) is 2. The van der Waals surface area contributed by atoms with Crippen LogP contribution in [0.1, 0.15) is 48.9 Å². The summed E-state index contributed by atoms with van der Waals surface area (Å²) < 4.78 is 50.0. The SMILES string of the molecule is C=N.CCC.CCOC.Cc1ccc(-c2noc(/C=C(/Nc3cccc(Cl)c3)C(F)(F)F)c2C=O)cc1. The molecule has 3 rings (SSSR count). The predicted molar refractivity (Wildman–Crippen MR) is 145 cm³/mol. The maximum absolute atomic E-state index is 13.5. The Balaban J connectivity index is 0.00000126. The smallest absolute Gasteiger partial charge is 0.385 e. The van der Waals surface area contributed by atoms with Crippen LogP contribution in [0.4, 0.5) is 18.9 Å². The maximum atomic E-state index is 13.5. The number of benzene rings is 2. The van der Waals surface area contributed by atoms with Crippen molar-refractivity contribution in [3.63, 3.8) is 0 Å². The van der Waals surface area contributed by atoms with E-state index in [4.69, 9.17) is 21.5 Å². The fraction of sp³-hybridized carbons (Fsp3) is 0.296. The largest absolute Gasteiger partial charge is 0.431 e. The number of aromatic nitrogens is 1. The zero-order valence-electron chi connectivity index (χ0n) is 21.6. The zero-order chi connectivity index (χ0) is 28.4. The van der Waals surface area contributed by atoms with Crippen LogP contribution in [0.3, 0.4) is 0 Å². The Kier molecular flexibility index (Phi) is 16.3. The van der Waals surface area contributed by atoms with Gasteiger partial charge < -0.3 is 20.0 Å². The first kappa shape index (κ1) is 33.6. The highest BCUT2D eigenvalue weighted by Gasteiger charge is 2.35. The first-order valence-electron chi connectivity index (χ1n) is 11.3. The van der Waals surface area contributed by atoms with Crippen molar-refractivity contribution in [3.8, 4) is 11.3 Å². The lowest BCUT2D eigenvalue weighted by Crippen LogP contribution is -2.19. The molecule has 2 aromatic carbocycles. The minimum atomic E-state index is -4.72. The number of methoxy groups -OCH3 is 1. The van der Waals surface area contributed by atoms with E-state index in [1.165, 1.54) is 24.6 Å². The van der Waals surface area contributed by atoms with Crippen LogP contribution < -0.4 is 5.32 Å². The van der Waals surface area contributed by atoms with Gasteiger partial charge in [0.25, 0.3) is 0 Å². The molecule has 0 saturated heterocycles. The monoisotopic (exact) mass is 539 g/mol. The van der Waals surface area contributed by atoms with E-state index in [1.54, 1.807) is 37.4 Å². The second-order valence-corrected chi connectivity index (χ2v) is 7.70. The molecule has 37 heavy (non-hydrogen) atoms. The minimum Gasteiger partial charge on any atom is -0.385 e. The number of nitrogens with one attached hydrogen (secondary N) is 2. The number of nitrogens with zero attached hydrogens (tertiary/aromatic N) is 1. The number of aryl methyl sites for hydroxylation is 1. The van der Waals surface area contributed by atoms with E-state index in [9.17, 15) is 18.0 Å². The maximum Gasteiger partial charge on any atom is 0.431 e. The van der Waals surface area contributed by atoms with E-state index in [-0.39, 0.29) is 27.7 Å². The van der Waals surface area contributed by atoms with E-state index in [1.807, 2.05) is 13.8 Å². The van der Waals surface area contributed by atoms with Crippen LogP contribution in [0.25, 0.3) is 17.3 Å². The Bertz CT molecular complexity index is 1100. The quantitative estimate of drug-likeness (QED) is 0.242. The molecule has 0 aliphatic carbocycles. The van der Waals surface area contributed by atoms with Crippen molar-refractivity contribution in [2.75, 3.05) is 19.0 Å². The van der Waals surface area contributed by atoms with Gasteiger partial charge in [-0.25, -0.2) is 0 Å². The molecular weight excluding hydrogens is 507 g/mol. The molecule has 10 heteroatoms. The second kappa shape index (κ2) is 17.9. The van der Waals surface area contributed by atoms with Crippen LogP contribution in [0.5, 0.6) is 0 Å². The molecule has 0 amide bonds. The fourth-order valence-electron chi connectivity index (χ4n) is 2.49. The number of carbonyl (C=O) groups is 1. The molecule has 6 nitrogen and oxygen atoms in total. The van der Waals surface area contributed by atoms with Crippen LogP contribution in [0, 0.1) is 12.3 Å². The molecule has 3 aromatic rings. The molecule has 0 fully saturated rings. The lowest BCUT2D eigenvalue weighted by Gasteiger charge is -2.14. The van der Waals surface area contributed by atoms with Crippen LogP contribution >= 0.6 is 11.6 Å². The Morgan fingerprint density at radius 2 is 1.73 bits per heavy atom. The summed E-state index contributed by atoms with van der Waals surface area (Å²) in [6.07, 6.45) is -2.35. The number of allylic oxidation sites excluding steroid dienone is 1. The molecule has 0 radical (unpaired) electrons. The molecule has 0 unspecified atom stereocenters. The van der Waals surface area contributed by atoms with Gasteiger partial charge in [-0.15, -0.1) is 0 Å². The van der Waals surface area contributed by atoms with E-state index >= 15 is 0 Å². The average molecular weight is 540 g/mol. The van der Waals surface area contributed by atoms with Gasteiger partial charge in [0, 0.05) is 36.1 Å². The van der Waals surface area contributed by atoms with Gasteiger partial charge in [-0.1, -0.05) is 72.9 Å². The summed E-state index contributed by atoms with van der Waals surface area (Å²) in [6.45, 7) is 11.4. The first-order valence-corrected chi connectivity index (χ1v) is 11.7. The van der Waals surface area contributed by atoms with Crippen molar-refractivity contribution in [1.29, 1.82) is 5.41 Å². The van der Waals surface area contributed by atoms with Crippen LogP contribution in [-0.4, -0.2) is 38.1 Å². The van der Waals surface area contributed by atoms with Crippen molar-refractivity contribution in [2.24, 2.45) is 0 Å². The van der Waals surface area contributed by atoms with Gasteiger partial charge >= 0.3 is 6.18 Å². The van der Waals surface area contributed by atoms with Gasteiger partial charge in [0.15, 0.2) is 12.0 Å². The van der Waals surface area contributed by atoms with Crippen molar-refractivity contribution in [3.05, 3.63) is 76.1 Å². The normalized spacial score (nSPS) is 10.6. The van der Waals surface area contributed by atoms with E-state index < -0.39 is 11.9 Å². The number of anilines is 1. The van der Waals surface area contributed by atoms with Gasteiger partial charge in [-0.2, -0.15) is 13.2 Å². The average Bonchev–Trinajstić information content (AvgIpc) is 3.28. The zero-order valence-corrected chi connectivity index (χ0v) is 22.3. The second-order valence-electron chi connectivity index (χ2n) is 7.27. The number of carbonyl (C=O) groups excluding carboxylic acids is 1. The van der Waals surface area contributed by atoms with E-state index in [0.717, 1.165) is 12.2 Å². The third-order valence-corrected chi connectivity index (χ3v) is 4.41. The molecular formula is C27H33ClF3N3O3. The molecule has 0 saturated carbocycles. The van der Waals surface area contributed by atoms with Gasteiger partial charge in [0.05, 0.1) is 5.56 Å². The summed E-state index contributed by atoms with van der Waals surface area (Å²) in [6, 6.07) is 12.9. The number of halogens is 4. The summed E-state index contributed by atoms with van der Waals surface area (Å²) in [4.78, 5) is 11.5. The summed E-state index contributed by atoms with van der Waals surface area (Å²) in [5.74, 6) is -0.299. The molecule has 0 aliphatic rings. The highest BCUT2D eigenvalue weighted by molar-refractivity contribution is 6.30. The highest BCUT2D eigenvalue weighted by Crippen LogP contribution is 2.32. The number of aldehydes is 1. The lowest BCUT2D eigenvalue weighted by molar-refractivity contribution is -0.0894. The Hall–Kier alpha value is -3.43. The predicted octanol–water partition coefficient (Wildman–Crippen LogP) is 8.47. The molecule has 0 aliphatic heterocycles. The van der Waals surface area contributed by atoms with Crippen molar-refractivity contribution in [2.45, 2.75) is 40.3 Å². The van der Waals surface area contributed by atoms with E-state index in [0.29, 0.717) is 17.9 Å². The first-order chi connectivity index (χ1) is 17.6. The summed E-state index contributed by atoms with van der Waals surface area (Å²) >= 11 is 5.82. The third kappa shape index (κ3) is 11.9. The number of hydrogen-bond acceptors (Lipinski definition) is 6. The molecule has 202 valence electrons. The lowest BCUT2D eigenvalue weighted by atomic mass is 10.0. The molecule has 2 N–H and O–H groups in total. The summed E-state index contributed by atoms with van der Waals surface area (Å²) in [7, 11) is 1.68. The highest BCUT2D eigenvalue weighted by atomic mass is 35.5. The Morgan fingerprint density at radius 1 is 1.16 bits per heavy atom. The fourth-order valence-corrected chi connectivity index (χ4v) is 2.68. The Morgan fingerprint density at radius 3 is 2.19 bits per heavy atom. The van der Waals surface area contributed by atoms with Gasteiger partial charge in [-0.3, -0.25) is 4.79 Å². The topological polar surface area (TPSA) is 88.2 Å². The Labute approximate surface area is 221 Å². The van der Waals surface area contributed by atoms with Crippen molar-refractivity contribution < 1.29 is 27.2 Å². The summed E-state index contributed by atoms with van der Waals surface area (Å²) in [5, 5.41) is 11.8. The minimum absolute atomic E-state index is 0.0708. The van der Waals surface area contributed by atoms with Crippen molar-refractivity contribution in [1.82, 2.24) is 5.16 Å². The van der Waals surface area contributed by atoms with Gasteiger partial charge in [0.1, 0.15) is 11.4 Å². The summed E-state index contributed by atoms with van der Waals surface area (Å²) in [5.41, 5.74) is 0.674. The standard InChI is InChI=1S/C20H14ClF3N2O2.C3H8O.C3H8.CH3N/c1-12-5-7-13(8-6-12)19-16(11-27)17(28-26-19)10-18(20(22,23)24)25-15-4-2-3-14(21)9-15;1-3-4-2;1-3-2;1-2/h2-11,25H,1H3;3H2,1-2H3;3H2,1-2H3;2H,1H2/b18-10+;;;. The molecule has 1 aromatic heterocycles. The number of ether oxygens (including phenoxy) is 1. The van der Waals surface area contributed by atoms with Crippen LogP contribution in [0.15, 0.2) is 58.8 Å². The molecule has 0 spiro atoms. The van der Waals surface area contributed by atoms with E-state index in [2.05, 4.69) is 35.8 Å².